The lowest BCUT2D eigenvalue weighted by Gasteiger charge is -2.15. The fourth-order valence-electron chi connectivity index (χ4n) is 9.62. The van der Waals surface area contributed by atoms with E-state index < -0.39 is 0 Å². The third kappa shape index (κ3) is 3.49. The smallest absolute Gasteiger partial charge is 0.137 e. The highest BCUT2D eigenvalue weighted by atomic mass is 16.3. The number of fused-ring (bicyclic) bond motifs is 15. The van der Waals surface area contributed by atoms with Crippen molar-refractivity contribution in [1.29, 1.82) is 0 Å². The van der Waals surface area contributed by atoms with Crippen LogP contribution in [-0.4, -0.2) is 9.13 Å². The number of hydrogen-bond acceptors (Lipinski definition) is 1. The van der Waals surface area contributed by atoms with Gasteiger partial charge in [0.2, 0.25) is 0 Å². The van der Waals surface area contributed by atoms with Crippen LogP contribution in [0.3, 0.4) is 0 Å². The van der Waals surface area contributed by atoms with Crippen molar-refractivity contribution < 1.29 is 4.42 Å². The average Bonchev–Trinajstić information content (AvgIpc) is 3.95. The van der Waals surface area contributed by atoms with Crippen molar-refractivity contribution in [1.82, 2.24) is 9.13 Å². The predicted octanol–water partition coefficient (Wildman–Crippen LogP) is 13.7. The van der Waals surface area contributed by atoms with E-state index in [9.17, 15) is 0 Å². The Bertz CT molecular complexity index is 3570. The predicted molar refractivity (Wildman–Crippen MR) is 222 cm³/mol. The summed E-state index contributed by atoms with van der Waals surface area (Å²) in [4.78, 5) is 0. The first-order valence-corrected chi connectivity index (χ1v) is 18.3. The Morgan fingerprint density at radius 3 is 1.87 bits per heavy atom. The molecule has 12 aromatic rings. The molecule has 0 radical (unpaired) electrons. The van der Waals surface area contributed by atoms with Gasteiger partial charge in [-0.05, 0) is 92.3 Å². The number of benzene rings is 9. The van der Waals surface area contributed by atoms with Gasteiger partial charge in [0.25, 0.3) is 0 Å². The first-order valence-electron chi connectivity index (χ1n) is 18.3. The molecule has 0 spiro atoms. The van der Waals surface area contributed by atoms with Crippen LogP contribution in [0.4, 0.5) is 0 Å². The molecule has 3 heterocycles. The fourth-order valence-corrected chi connectivity index (χ4v) is 9.62. The van der Waals surface area contributed by atoms with Crippen LogP contribution in [0.1, 0.15) is 0 Å². The standard InChI is InChI=1S/C50H28N2O/c1-2-11-30-26-32(21-20-29(30)10-1)52-48-39(24-25-45-47(48)41-16-6-8-19-44(41)53-45)40-23-22-38-36-15-5-7-18-43(36)51(49(38)50(40)52)33-27-31-12-9-17-37-34-13-3-4-14-35(34)42(28-33)46(31)37/h1-28H. The Kier molecular flexibility index (Phi) is 5.11. The van der Waals surface area contributed by atoms with Crippen molar-refractivity contribution in [3.05, 3.63) is 170 Å². The molecule has 9 aromatic carbocycles. The number of furan rings is 1. The molecule has 244 valence electrons. The highest BCUT2D eigenvalue weighted by Gasteiger charge is 2.26. The van der Waals surface area contributed by atoms with E-state index in [0.29, 0.717) is 0 Å². The van der Waals surface area contributed by atoms with Crippen molar-refractivity contribution in [2.75, 3.05) is 0 Å². The second-order valence-corrected chi connectivity index (χ2v) is 14.5. The summed E-state index contributed by atoms with van der Waals surface area (Å²) in [5, 5.41) is 12.2. The van der Waals surface area contributed by atoms with Crippen LogP contribution in [0.5, 0.6) is 0 Å². The quantitative estimate of drug-likeness (QED) is 0.179. The zero-order chi connectivity index (χ0) is 34.4. The van der Waals surface area contributed by atoms with E-state index in [4.69, 9.17) is 4.42 Å². The molecular weight excluding hydrogens is 645 g/mol. The van der Waals surface area contributed by atoms with E-state index in [0.717, 1.165) is 38.8 Å². The van der Waals surface area contributed by atoms with E-state index in [2.05, 4.69) is 179 Å². The van der Waals surface area contributed by atoms with Crippen LogP contribution in [-0.2, 0) is 0 Å². The zero-order valence-electron chi connectivity index (χ0n) is 28.5. The summed E-state index contributed by atoms with van der Waals surface area (Å²) >= 11 is 0. The van der Waals surface area contributed by atoms with E-state index >= 15 is 0 Å². The van der Waals surface area contributed by atoms with E-state index in [1.165, 1.54) is 81.9 Å². The molecular formula is C50H28N2O. The van der Waals surface area contributed by atoms with Gasteiger partial charge in [-0.1, -0.05) is 121 Å². The normalized spacial score (nSPS) is 12.5. The molecule has 0 aliphatic heterocycles. The summed E-state index contributed by atoms with van der Waals surface area (Å²) in [6.07, 6.45) is 0. The molecule has 0 atom stereocenters. The lowest BCUT2D eigenvalue weighted by molar-refractivity contribution is 0.669. The first kappa shape index (κ1) is 27.6. The van der Waals surface area contributed by atoms with E-state index in [-0.39, 0.29) is 0 Å². The van der Waals surface area contributed by atoms with Gasteiger partial charge >= 0.3 is 0 Å². The summed E-state index contributed by atoms with van der Waals surface area (Å²) < 4.78 is 11.6. The van der Waals surface area contributed by atoms with Gasteiger partial charge in [0.05, 0.1) is 27.5 Å². The van der Waals surface area contributed by atoms with Crippen molar-refractivity contribution >= 4 is 87.1 Å². The van der Waals surface area contributed by atoms with Gasteiger partial charge in [0.15, 0.2) is 0 Å². The number of hydrogen-bond donors (Lipinski definition) is 0. The zero-order valence-corrected chi connectivity index (χ0v) is 28.5. The fraction of sp³-hybridized carbons (Fsp3) is 0. The highest BCUT2D eigenvalue weighted by molar-refractivity contribution is 6.29. The lowest BCUT2D eigenvalue weighted by Crippen LogP contribution is -1.99. The Hall–Kier alpha value is -7.10. The van der Waals surface area contributed by atoms with Crippen LogP contribution in [0.2, 0.25) is 0 Å². The molecule has 0 amide bonds. The van der Waals surface area contributed by atoms with Gasteiger partial charge in [-0.3, -0.25) is 0 Å². The summed E-state index contributed by atoms with van der Waals surface area (Å²) in [5.74, 6) is 0. The lowest BCUT2D eigenvalue weighted by atomic mass is 10.0. The van der Waals surface area contributed by atoms with Crippen molar-refractivity contribution in [3.8, 4) is 33.6 Å². The Morgan fingerprint density at radius 2 is 0.962 bits per heavy atom. The monoisotopic (exact) mass is 672 g/mol. The minimum Gasteiger partial charge on any atom is -0.456 e. The van der Waals surface area contributed by atoms with Crippen molar-refractivity contribution in [2.24, 2.45) is 0 Å². The minimum absolute atomic E-state index is 0.896. The van der Waals surface area contributed by atoms with Crippen LogP contribution in [0.25, 0.3) is 121 Å². The SMILES string of the molecule is c1ccc2c(c1)-c1cccc3cc(-n4c5ccccc5c5ccc6c7ccc8oc9ccccc9c8c7n(-c7ccc8ccccc8c7)c6c54)cc-2c13. The molecule has 0 N–H and O–H groups in total. The molecule has 0 saturated heterocycles. The van der Waals surface area contributed by atoms with Gasteiger partial charge in [-0.15, -0.1) is 0 Å². The topological polar surface area (TPSA) is 23.0 Å². The second kappa shape index (κ2) is 9.81. The molecule has 53 heavy (non-hydrogen) atoms. The molecule has 0 bridgehead atoms. The van der Waals surface area contributed by atoms with Gasteiger partial charge in [-0.25, -0.2) is 0 Å². The molecule has 3 nitrogen and oxygen atoms in total. The second-order valence-electron chi connectivity index (χ2n) is 14.5. The third-order valence-corrected chi connectivity index (χ3v) is 11.8. The summed E-state index contributed by atoms with van der Waals surface area (Å²) in [6.45, 7) is 0. The van der Waals surface area contributed by atoms with E-state index in [1.807, 2.05) is 0 Å². The van der Waals surface area contributed by atoms with Crippen LogP contribution < -0.4 is 0 Å². The molecule has 0 unspecified atom stereocenters. The van der Waals surface area contributed by atoms with Crippen LogP contribution >= 0.6 is 0 Å². The maximum atomic E-state index is 6.53. The molecule has 3 heteroatoms. The van der Waals surface area contributed by atoms with Crippen molar-refractivity contribution in [3.63, 3.8) is 0 Å². The average molecular weight is 673 g/mol. The molecule has 1 aliphatic carbocycles. The van der Waals surface area contributed by atoms with Gasteiger partial charge in [0.1, 0.15) is 11.2 Å². The summed E-state index contributed by atoms with van der Waals surface area (Å²) in [7, 11) is 0. The number of nitrogens with zero attached hydrogens (tertiary/aromatic N) is 2. The molecule has 13 rings (SSSR count). The third-order valence-electron chi connectivity index (χ3n) is 11.8. The van der Waals surface area contributed by atoms with Crippen LogP contribution in [0, 0.1) is 0 Å². The molecule has 0 saturated carbocycles. The van der Waals surface area contributed by atoms with Gasteiger partial charge in [0, 0.05) is 38.3 Å². The first-order chi connectivity index (χ1) is 26.3. The molecule has 1 aliphatic rings. The summed E-state index contributed by atoms with van der Waals surface area (Å²) in [6, 6.07) is 62.4. The Balaban J connectivity index is 1.26. The molecule has 0 fully saturated rings. The maximum absolute atomic E-state index is 6.53. The Morgan fingerprint density at radius 1 is 0.321 bits per heavy atom. The van der Waals surface area contributed by atoms with Gasteiger partial charge in [-0.2, -0.15) is 0 Å². The number of aromatic nitrogens is 2. The summed E-state index contributed by atoms with van der Waals surface area (Å²) in [5.41, 5.74) is 14.0. The maximum Gasteiger partial charge on any atom is 0.137 e. The largest absolute Gasteiger partial charge is 0.456 e. The van der Waals surface area contributed by atoms with E-state index in [1.54, 1.807) is 0 Å². The number of rotatable bonds is 2. The molecule has 3 aromatic heterocycles. The minimum atomic E-state index is 0.896. The highest BCUT2D eigenvalue weighted by Crippen LogP contribution is 2.50. The Labute approximate surface area is 303 Å². The van der Waals surface area contributed by atoms with Crippen LogP contribution in [0.15, 0.2) is 174 Å². The van der Waals surface area contributed by atoms with Crippen molar-refractivity contribution in [2.45, 2.75) is 0 Å². The van der Waals surface area contributed by atoms with Gasteiger partial charge < -0.3 is 13.6 Å². The number of para-hydroxylation sites is 2.